The van der Waals surface area contributed by atoms with Gasteiger partial charge in [-0.1, -0.05) is 17.7 Å². The van der Waals surface area contributed by atoms with Crippen molar-refractivity contribution < 1.29 is 4.79 Å². The predicted octanol–water partition coefficient (Wildman–Crippen LogP) is 1.56. The molecule has 0 fully saturated rings. The SMILES string of the molecule is Cc1ccc(-n2c(=O)n(CC(=O)NCCCN(C)C)c3cccnc32)cc1. The number of carbonyl (C=O) groups excluding carboxylic acids is 1. The zero-order valence-corrected chi connectivity index (χ0v) is 16.0. The minimum atomic E-state index is -0.268. The summed E-state index contributed by atoms with van der Waals surface area (Å²) in [4.78, 5) is 31.8. The third-order valence-corrected chi connectivity index (χ3v) is 4.39. The Morgan fingerprint density at radius 3 is 2.63 bits per heavy atom. The average molecular weight is 367 g/mol. The van der Waals surface area contributed by atoms with Gasteiger partial charge in [0.05, 0.1) is 11.2 Å². The van der Waals surface area contributed by atoms with Gasteiger partial charge in [-0.25, -0.2) is 14.3 Å². The van der Waals surface area contributed by atoms with Gasteiger partial charge in [-0.15, -0.1) is 0 Å². The summed E-state index contributed by atoms with van der Waals surface area (Å²) >= 11 is 0. The van der Waals surface area contributed by atoms with Crippen LogP contribution in [0.5, 0.6) is 0 Å². The maximum absolute atomic E-state index is 13.0. The van der Waals surface area contributed by atoms with Crippen LogP contribution in [0, 0.1) is 6.92 Å². The predicted molar refractivity (Wildman–Crippen MR) is 106 cm³/mol. The Bertz CT molecular complexity index is 986. The number of carbonyl (C=O) groups is 1. The molecular formula is C20H25N5O2. The Hall–Kier alpha value is -2.93. The number of fused-ring (bicyclic) bond motifs is 1. The topological polar surface area (TPSA) is 72.2 Å². The lowest BCUT2D eigenvalue weighted by Crippen LogP contribution is -2.34. The molecule has 27 heavy (non-hydrogen) atoms. The van der Waals surface area contributed by atoms with Crippen LogP contribution in [-0.4, -0.2) is 52.1 Å². The number of nitrogens with one attached hydrogen (secondary N) is 1. The lowest BCUT2D eigenvalue weighted by Gasteiger charge is -2.10. The van der Waals surface area contributed by atoms with E-state index in [1.54, 1.807) is 16.8 Å². The van der Waals surface area contributed by atoms with E-state index in [0.29, 0.717) is 17.7 Å². The van der Waals surface area contributed by atoms with Crippen molar-refractivity contribution in [3.63, 3.8) is 0 Å². The lowest BCUT2D eigenvalue weighted by molar-refractivity contribution is -0.121. The molecule has 2 aromatic heterocycles. The smallest absolute Gasteiger partial charge is 0.335 e. The molecule has 0 radical (unpaired) electrons. The lowest BCUT2D eigenvalue weighted by atomic mass is 10.2. The Labute approximate surface area is 158 Å². The van der Waals surface area contributed by atoms with Gasteiger partial charge in [0, 0.05) is 12.7 Å². The monoisotopic (exact) mass is 367 g/mol. The maximum atomic E-state index is 13.0. The molecule has 0 bridgehead atoms. The van der Waals surface area contributed by atoms with Gasteiger partial charge in [0.25, 0.3) is 0 Å². The van der Waals surface area contributed by atoms with Crippen LogP contribution >= 0.6 is 0 Å². The van der Waals surface area contributed by atoms with Gasteiger partial charge in [0.2, 0.25) is 5.91 Å². The van der Waals surface area contributed by atoms with Crippen LogP contribution in [0.4, 0.5) is 0 Å². The summed E-state index contributed by atoms with van der Waals surface area (Å²) in [5.41, 5.74) is 2.77. The van der Waals surface area contributed by atoms with Gasteiger partial charge in [-0.05, 0) is 58.3 Å². The van der Waals surface area contributed by atoms with E-state index in [9.17, 15) is 9.59 Å². The summed E-state index contributed by atoms with van der Waals surface area (Å²) in [6.07, 6.45) is 2.51. The molecule has 0 spiro atoms. The first-order chi connectivity index (χ1) is 13.0. The van der Waals surface area contributed by atoms with Gasteiger partial charge < -0.3 is 10.2 Å². The average Bonchev–Trinajstić information content (AvgIpc) is 2.92. The first-order valence-corrected chi connectivity index (χ1v) is 9.02. The van der Waals surface area contributed by atoms with E-state index in [2.05, 4.69) is 15.2 Å². The molecule has 3 rings (SSSR count). The molecule has 1 amide bonds. The molecule has 0 unspecified atom stereocenters. The first-order valence-electron chi connectivity index (χ1n) is 9.02. The molecule has 0 saturated heterocycles. The number of imidazole rings is 1. The summed E-state index contributed by atoms with van der Waals surface area (Å²) in [5.74, 6) is -0.178. The Balaban J connectivity index is 1.88. The molecule has 0 aliphatic rings. The zero-order valence-electron chi connectivity index (χ0n) is 16.0. The van der Waals surface area contributed by atoms with Crippen LogP contribution < -0.4 is 11.0 Å². The second-order valence-corrected chi connectivity index (χ2v) is 6.89. The number of hydrogen-bond acceptors (Lipinski definition) is 4. The Kier molecular flexibility index (Phi) is 5.71. The number of rotatable bonds is 7. The Morgan fingerprint density at radius 1 is 1.19 bits per heavy atom. The van der Waals surface area contributed by atoms with E-state index in [0.717, 1.165) is 24.2 Å². The van der Waals surface area contributed by atoms with Crippen LogP contribution in [0.3, 0.4) is 0 Å². The summed E-state index contributed by atoms with van der Waals surface area (Å²) in [6.45, 7) is 3.45. The number of pyridine rings is 1. The van der Waals surface area contributed by atoms with Crippen molar-refractivity contribution in [3.05, 3.63) is 58.6 Å². The number of nitrogens with zero attached hydrogens (tertiary/aromatic N) is 4. The van der Waals surface area contributed by atoms with E-state index >= 15 is 0 Å². The molecule has 142 valence electrons. The summed E-state index contributed by atoms with van der Waals surface area (Å²) in [5, 5.41) is 2.88. The van der Waals surface area contributed by atoms with E-state index in [-0.39, 0.29) is 18.1 Å². The summed E-state index contributed by atoms with van der Waals surface area (Å²) in [6, 6.07) is 11.3. The number of amides is 1. The zero-order chi connectivity index (χ0) is 19.4. The molecule has 2 heterocycles. The first kappa shape index (κ1) is 18.8. The third-order valence-electron chi connectivity index (χ3n) is 4.39. The molecule has 0 aliphatic carbocycles. The standard InChI is InChI=1S/C20H25N5O2/c1-15-7-9-16(10-8-15)25-19-17(6-4-11-22-19)24(20(25)27)14-18(26)21-12-5-13-23(2)3/h4,6-11H,5,12-14H2,1-3H3,(H,21,26). The van der Waals surface area contributed by atoms with Gasteiger partial charge >= 0.3 is 5.69 Å². The van der Waals surface area contributed by atoms with Crippen molar-refractivity contribution in [3.8, 4) is 5.69 Å². The quantitative estimate of drug-likeness (QED) is 0.644. The molecule has 1 N–H and O–H groups in total. The molecule has 7 nitrogen and oxygen atoms in total. The van der Waals surface area contributed by atoms with Crippen molar-refractivity contribution in [2.24, 2.45) is 0 Å². The highest BCUT2D eigenvalue weighted by atomic mass is 16.2. The van der Waals surface area contributed by atoms with Crippen LogP contribution in [0.2, 0.25) is 0 Å². The fourth-order valence-corrected chi connectivity index (χ4v) is 2.99. The van der Waals surface area contributed by atoms with Crippen molar-refractivity contribution in [2.45, 2.75) is 19.9 Å². The highest BCUT2D eigenvalue weighted by Crippen LogP contribution is 2.16. The highest BCUT2D eigenvalue weighted by Gasteiger charge is 2.17. The van der Waals surface area contributed by atoms with E-state index in [1.807, 2.05) is 51.4 Å². The summed E-state index contributed by atoms with van der Waals surface area (Å²) < 4.78 is 3.03. The summed E-state index contributed by atoms with van der Waals surface area (Å²) in [7, 11) is 3.99. The second-order valence-electron chi connectivity index (χ2n) is 6.89. The number of hydrogen-bond donors (Lipinski definition) is 1. The van der Waals surface area contributed by atoms with Crippen molar-refractivity contribution in [2.75, 3.05) is 27.2 Å². The molecule has 0 aliphatic heterocycles. The third kappa shape index (κ3) is 4.25. The van der Waals surface area contributed by atoms with Crippen LogP contribution in [-0.2, 0) is 11.3 Å². The normalized spacial score (nSPS) is 11.3. The molecule has 1 aromatic carbocycles. The van der Waals surface area contributed by atoms with Gasteiger partial charge in [-0.3, -0.25) is 9.36 Å². The Morgan fingerprint density at radius 2 is 1.93 bits per heavy atom. The van der Waals surface area contributed by atoms with Crippen LogP contribution in [0.25, 0.3) is 16.9 Å². The van der Waals surface area contributed by atoms with E-state index in [1.165, 1.54) is 4.57 Å². The highest BCUT2D eigenvalue weighted by molar-refractivity contribution is 5.80. The fourth-order valence-electron chi connectivity index (χ4n) is 2.99. The largest absolute Gasteiger partial charge is 0.354 e. The van der Waals surface area contributed by atoms with Crippen molar-refractivity contribution >= 4 is 17.1 Å². The maximum Gasteiger partial charge on any atom is 0.335 e. The van der Waals surface area contributed by atoms with Gasteiger partial charge in [0.1, 0.15) is 6.54 Å². The minimum Gasteiger partial charge on any atom is -0.354 e. The number of aryl methyl sites for hydroxylation is 1. The van der Waals surface area contributed by atoms with Crippen LogP contribution in [0.1, 0.15) is 12.0 Å². The molecule has 0 saturated carbocycles. The van der Waals surface area contributed by atoms with Gasteiger partial charge in [0.15, 0.2) is 5.65 Å². The molecule has 0 atom stereocenters. The fraction of sp³-hybridized carbons (Fsp3) is 0.350. The van der Waals surface area contributed by atoms with Gasteiger partial charge in [-0.2, -0.15) is 0 Å². The minimum absolute atomic E-state index is 0.0259. The molecule has 3 aromatic rings. The molecule has 7 heteroatoms. The van der Waals surface area contributed by atoms with Crippen molar-refractivity contribution in [1.82, 2.24) is 24.3 Å². The second kappa shape index (κ2) is 8.18. The van der Waals surface area contributed by atoms with Crippen molar-refractivity contribution in [1.29, 1.82) is 0 Å². The number of aromatic nitrogens is 3. The number of benzene rings is 1. The van der Waals surface area contributed by atoms with E-state index < -0.39 is 0 Å². The van der Waals surface area contributed by atoms with Crippen LogP contribution in [0.15, 0.2) is 47.4 Å². The molecular weight excluding hydrogens is 342 g/mol. The van der Waals surface area contributed by atoms with E-state index in [4.69, 9.17) is 0 Å².